The van der Waals surface area contributed by atoms with Crippen LogP contribution in [-0.2, 0) is 25.7 Å². The maximum atomic E-state index is 12.6. The van der Waals surface area contributed by atoms with Crippen LogP contribution in [0.25, 0.3) is 0 Å². The number of carbonyl (C=O) groups is 3. The summed E-state index contributed by atoms with van der Waals surface area (Å²) < 4.78 is 5.26. The maximum absolute atomic E-state index is 12.6. The molecule has 3 rings (SSSR count). The number of benzene rings is 1. The van der Waals surface area contributed by atoms with E-state index in [1.807, 2.05) is 30.3 Å². The molecule has 0 aliphatic carbocycles. The van der Waals surface area contributed by atoms with Crippen LogP contribution in [0.1, 0.15) is 12.0 Å². The molecule has 2 saturated heterocycles. The predicted octanol–water partition coefficient (Wildman–Crippen LogP) is -0.239. The molecule has 2 aliphatic rings. The summed E-state index contributed by atoms with van der Waals surface area (Å²) in [6.07, 6.45) is 0.294. The van der Waals surface area contributed by atoms with Crippen molar-refractivity contribution in [2.24, 2.45) is 0 Å². The second kappa shape index (κ2) is 7.00. The van der Waals surface area contributed by atoms with Crippen molar-refractivity contribution in [3.05, 3.63) is 35.9 Å². The van der Waals surface area contributed by atoms with Crippen molar-refractivity contribution >= 4 is 17.7 Å². The Balaban J connectivity index is 1.68. The third-order valence-corrected chi connectivity index (χ3v) is 4.38. The molecule has 128 valence electrons. The zero-order valence-corrected chi connectivity index (χ0v) is 13.6. The van der Waals surface area contributed by atoms with E-state index in [0.29, 0.717) is 19.5 Å². The van der Waals surface area contributed by atoms with Crippen LogP contribution in [0.5, 0.6) is 0 Å². The average molecular weight is 331 g/mol. The smallest absolute Gasteiger partial charge is 0.249 e. The molecule has 2 fully saturated rings. The van der Waals surface area contributed by atoms with Crippen molar-refractivity contribution in [2.45, 2.75) is 25.0 Å². The highest BCUT2D eigenvalue weighted by molar-refractivity contribution is 5.90. The maximum Gasteiger partial charge on any atom is 0.249 e. The van der Waals surface area contributed by atoms with Gasteiger partial charge in [0.15, 0.2) is 0 Å². The van der Waals surface area contributed by atoms with Gasteiger partial charge in [0.2, 0.25) is 17.7 Å². The molecule has 0 saturated carbocycles. The summed E-state index contributed by atoms with van der Waals surface area (Å²) in [5, 5.41) is 2.87. The molecule has 24 heavy (non-hydrogen) atoms. The minimum atomic E-state index is -0.674. The minimum absolute atomic E-state index is 0.0115. The SMILES string of the molecule is CN1C[C@H](NC(=O)[C@H]2COCC(=O)N2Cc2ccccc2)CC1=O. The van der Waals surface area contributed by atoms with E-state index in [1.54, 1.807) is 16.8 Å². The van der Waals surface area contributed by atoms with Gasteiger partial charge in [-0.1, -0.05) is 30.3 Å². The lowest BCUT2D eigenvalue weighted by atomic mass is 10.1. The second-order valence-electron chi connectivity index (χ2n) is 6.22. The Bertz CT molecular complexity index is 634. The van der Waals surface area contributed by atoms with Crippen LogP contribution >= 0.6 is 0 Å². The van der Waals surface area contributed by atoms with Crippen LogP contribution in [0.2, 0.25) is 0 Å². The largest absolute Gasteiger partial charge is 0.369 e. The molecule has 7 heteroatoms. The number of morpholine rings is 1. The molecule has 0 radical (unpaired) electrons. The fraction of sp³-hybridized carbons (Fsp3) is 0.471. The summed E-state index contributed by atoms with van der Waals surface area (Å²) in [7, 11) is 1.71. The third-order valence-electron chi connectivity index (χ3n) is 4.38. The van der Waals surface area contributed by atoms with Gasteiger partial charge in [-0.05, 0) is 5.56 Å². The predicted molar refractivity (Wildman–Crippen MR) is 85.8 cm³/mol. The molecular formula is C17H21N3O4. The standard InChI is InChI=1S/C17H21N3O4/c1-19-9-13(7-15(19)21)18-17(23)14-10-24-11-16(22)20(14)8-12-5-3-2-4-6-12/h2-6,13-14H,7-11H2,1H3,(H,18,23)/t13-,14-/m1/s1. The summed E-state index contributed by atoms with van der Waals surface area (Å²) in [5.41, 5.74) is 0.960. The minimum Gasteiger partial charge on any atom is -0.369 e. The fourth-order valence-corrected chi connectivity index (χ4v) is 3.06. The van der Waals surface area contributed by atoms with Gasteiger partial charge >= 0.3 is 0 Å². The number of amides is 3. The number of likely N-dealkylation sites (tertiary alicyclic amines) is 1. The average Bonchev–Trinajstić information content (AvgIpc) is 2.88. The molecule has 3 amide bonds. The van der Waals surface area contributed by atoms with E-state index in [1.165, 1.54) is 0 Å². The molecule has 2 aliphatic heterocycles. The van der Waals surface area contributed by atoms with E-state index in [9.17, 15) is 14.4 Å². The van der Waals surface area contributed by atoms with Crippen molar-refractivity contribution < 1.29 is 19.1 Å². The van der Waals surface area contributed by atoms with Crippen LogP contribution in [-0.4, -0.2) is 66.4 Å². The lowest BCUT2D eigenvalue weighted by Gasteiger charge is -2.35. The summed E-state index contributed by atoms with van der Waals surface area (Å²) >= 11 is 0. The van der Waals surface area contributed by atoms with Gasteiger partial charge in [-0.15, -0.1) is 0 Å². The van der Waals surface area contributed by atoms with Crippen LogP contribution in [0.3, 0.4) is 0 Å². The van der Waals surface area contributed by atoms with Gasteiger partial charge in [0.25, 0.3) is 0 Å². The van der Waals surface area contributed by atoms with Gasteiger partial charge in [-0.2, -0.15) is 0 Å². The zero-order chi connectivity index (χ0) is 17.1. The van der Waals surface area contributed by atoms with Crippen molar-refractivity contribution in [3.8, 4) is 0 Å². The first-order valence-electron chi connectivity index (χ1n) is 8.00. The van der Waals surface area contributed by atoms with E-state index < -0.39 is 6.04 Å². The van der Waals surface area contributed by atoms with Crippen LogP contribution in [0.15, 0.2) is 30.3 Å². The number of likely N-dealkylation sites (N-methyl/N-ethyl adjacent to an activating group) is 1. The number of rotatable bonds is 4. The van der Waals surface area contributed by atoms with Crippen LogP contribution in [0.4, 0.5) is 0 Å². The summed E-state index contributed by atoms with van der Waals surface area (Å²) in [5.74, 6) is -0.464. The van der Waals surface area contributed by atoms with Gasteiger partial charge in [-0.3, -0.25) is 14.4 Å². The van der Waals surface area contributed by atoms with E-state index in [4.69, 9.17) is 4.74 Å². The van der Waals surface area contributed by atoms with Gasteiger partial charge in [0, 0.05) is 26.6 Å². The van der Waals surface area contributed by atoms with E-state index in [0.717, 1.165) is 5.56 Å². The van der Waals surface area contributed by atoms with E-state index >= 15 is 0 Å². The molecule has 7 nitrogen and oxygen atoms in total. The van der Waals surface area contributed by atoms with Crippen LogP contribution in [0, 0.1) is 0 Å². The fourth-order valence-electron chi connectivity index (χ4n) is 3.06. The number of nitrogens with zero attached hydrogens (tertiary/aromatic N) is 2. The Morgan fingerprint density at radius 3 is 2.67 bits per heavy atom. The zero-order valence-electron chi connectivity index (χ0n) is 13.6. The molecule has 0 aromatic heterocycles. The highest BCUT2D eigenvalue weighted by Gasteiger charge is 2.36. The van der Waals surface area contributed by atoms with E-state index in [2.05, 4.69) is 5.32 Å². The quantitative estimate of drug-likeness (QED) is 0.826. The number of ether oxygens (including phenoxy) is 1. The monoisotopic (exact) mass is 331 g/mol. The van der Waals surface area contributed by atoms with Crippen molar-refractivity contribution in [3.63, 3.8) is 0 Å². The third kappa shape index (κ3) is 3.56. The Labute approximate surface area is 140 Å². The Morgan fingerprint density at radius 2 is 2.00 bits per heavy atom. The molecular weight excluding hydrogens is 310 g/mol. The Hall–Kier alpha value is -2.41. The Morgan fingerprint density at radius 1 is 1.25 bits per heavy atom. The summed E-state index contributed by atoms with van der Waals surface area (Å²) in [6.45, 7) is 1.01. The summed E-state index contributed by atoms with van der Waals surface area (Å²) in [4.78, 5) is 39.5. The molecule has 1 N–H and O–H groups in total. The number of carbonyl (C=O) groups excluding carboxylic acids is 3. The highest BCUT2D eigenvalue weighted by atomic mass is 16.5. The van der Waals surface area contributed by atoms with Gasteiger partial charge < -0.3 is 19.9 Å². The number of hydrogen-bond donors (Lipinski definition) is 1. The molecule has 2 atom stereocenters. The molecule has 0 spiro atoms. The van der Waals surface area contributed by atoms with Gasteiger partial charge in [0.05, 0.1) is 12.6 Å². The van der Waals surface area contributed by atoms with Crippen LogP contribution < -0.4 is 5.32 Å². The highest BCUT2D eigenvalue weighted by Crippen LogP contribution is 2.15. The van der Waals surface area contributed by atoms with E-state index in [-0.39, 0.29) is 37.0 Å². The second-order valence-corrected chi connectivity index (χ2v) is 6.22. The topological polar surface area (TPSA) is 79.0 Å². The van der Waals surface area contributed by atoms with Crippen molar-refractivity contribution in [2.75, 3.05) is 26.8 Å². The van der Waals surface area contributed by atoms with Gasteiger partial charge in [0.1, 0.15) is 12.6 Å². The first-order valence-corrected chi connectivity index (χ1v) is 8.00. The lowest BCUT2D eigenvalue weighted by Crippen LogP contribution is -2.57. The van der Waals surface area contributed by atoms with Crippen molar-refractivity contribution in [1.29, 1.82) is 0 Å². The number of nitrogens with one attached hydrogen (secondary N) is 1. The first-order chi connectivity index (χ1) is 11.5. The lowest BCUT2D eigenvalue weighted by molar-refractivity contribution is -0.155. The normalized spacial score (nSPS) is 24.4. The first kappa shape index (κ1) is 16.4. The van der Waals surface area contributed by atoms with Gasteiger partial charge in [-0.25, -0.2) is 0 Å². The molecule has 0 bridgehead atoms. The summed E-state index contributed by atoms with van der Waals surface area (Å²) in [6, 6.07) is 8.65. The number of hydrogen-bond acceptors (Lipinski definition) is 4. The molecule has 2 heterocycles. The molecule has 0 unspecified atom stereocenters. The molecule has 1 aromatic carbocycles. The van der Waals surface area contributed by atoms with Crippen molar-refractivity contribution in [1.82, 2.24) is 15.1 Å². The Kier molecular flexibility index (Phi) is 4.80. The molecule has 1 aromatic rings.